The Labute approximate surface area is 89.6 Å². The smallest absolute Gasteiger partial charge is 0.337 e. The monoisotopic (exact) mass is 213 g/mol. The van der Waals surface area contributed by atoms with Crippen molar-refractivity contribution in [3.63, 3.8) is 0 Å². The quantitative estimate of drug-likeness (QED) is 0.541. The van der Waals surface area contributed by atoms with Crippen LogP contribution in [0.5, 0.6) is 0 Å². The van der Waals surface area contributed by atoms with Gasteiger partial charge in [0.15, 0.2) is 0 Å². The highest BCUT2D eigenvalue weighted by Gasteiger charge is 2.32. The van der Waals surface area contributed by atoms with E-state index in [-0.39, 0.29) is 5.97 Å². The molecule has 0 unspecified atom stereocenters. The SMILES string of the molecule is CCOC(=O)C1=C(S)C=CNC1(C)C. The molecule has 0 aromatic carbocycles. The van der Waals surface area contributed by atoms with Crippen molar-refractivity contribution in [2.24, 2.45) is 0 Å². The second-order valence-electron chi connectivity index (χ2n) is 3.58. The molecule has 0 aromatic rings. The van der Waals surface area contributed by atoms with Crippen LogP contribution in [-0.4, -0.2) is 18.1 Å². The zero-order valence-electron chi connectivity index (χ0n) is 8.63. The number of carbonyl (C=O) groups excluding carboxylic acids is 1. The number of ether oxygens (including phenoxy) is 1. The van der Waals surface area contributed by atoms with Gasteiger partial charge in [-0.05, 0) is 33.0 Å². The standard InChI is InChI=1S/C10H15NO2S/c1-4-13-9(12)8-7(14)5-6-11-10(8,2)3/h5-6,11,14H,4H2,1-3H3. The van der Waals surface area contributed by atoms with Gasteiger partial charge in [-0.2, -0.15) is 0 Å². The second kappa shape index (κ2) is 4.09. The molecule has 0 atom stereocenters. The van der Waals surface area contributed by atoms with Gasteiger partial charge < -0.3 is 10.1 Å². The highest BCUT2D eigenvalue weighted by Crippen LogP contribution is 2.27. The van der Waals surface area contributed by atoms with Crippen LogP contribution < -0.4 is 5.32 Å². The van der Waals surface area contributed by atoms with Crippen molar-refractivity contribution in [1.29, 1.82) is 0 Å². The number of thiol groups is 1. The van der Waals surface area contributed by atoms with Crippen molar-refractivity contribution in [3.8, 4) is 0 Å². The van der Waals surface area contributed by atoms with Crippen molar-refractivity contribution in [2.45, 2.75) is 26.3 Å². The number of hydrogen-bond acceptors (Lipinski definition) is 4. The minimum absolute atomic E-state index is 0.306. The molecule has 0 fully saturated rings. The minimum atomic E-state index is -0.419. The van der Waals surface area contributed by atoms with Crippen LogP contribution in [-0.2, 0) is 9.53 Å². The van der Waals surface area contributed by atoms with Gasteiger partial charge in [-0.25, -0.2) is 4.79 Å². The lowest BCUT2D eigenvalue weighted by Gasteiger charge is -2.30. The summed E-state index contributed by atoms with van der Waals surface area (Å²) in [5.74, 6) is -0.306. The van der Waals surface area contributed by atoms with Gasteiger partial charge in [0.2, 0.25) is 0 Å². The van der Waals surface area contributed by atoms with Crippen LogP contribution >= 0.6 is 12.6 Å². The summed E-state index contributed by atoms with van der Waals surface area (Å²) >= 11 is 4.25. The Balaban J connectivity index is 3.01. The summed E-state index contributed by atoms with van der Waals surface area (Å²) in [4.78, 5) is 12.3. The van der Waals surface area contributed by atoms with Crippen molar-refractivity contribution < 1.29 is 9.53 Å². The number of esters is 1. The number of rotatable bonds is 2. The van der Waals surface area contributed by atoms with Gasteiger partial charge in [-0.15, -0.1) is 12.6 Å². The molecule has 4 heteroatoms. The Bertz CT molecular complexity index is 305. The highest BCUT2D eigenvalue weighted by atomic mass is 32.1. The lowest BCUT2D eigenvalue weighted by Crippen LogP contribution is -2.43. The molecular weight excluding hydrogens is 198 g/mol. The molecule has 0 aliphatic carbocycles. The summed E-state index contributed by atoms with van der Waals surface area (Å²) in [6.45, 7) is 6.00. The highest BCUT2D eigenvalue weighted by molar-refractivity contribution is 7.84. The summed E-state index contributed by atoms with van der Waals surface area (Å²) in [5.41, 5.74) is 0.156. The molecule has 1 N–H and O–H groups in total. The van der Waals surface area contributed by atoms with Crippen LogP contribution in [0.2, 0.25) is 0 Å². The fourth-order valence-electron chi connectivity index (χ4n) is 1.37. The van der Waals surface area contributed by atoms with E-state index in [9.17, 15) is 4.79 Å². The van der Waals surface area contributed by atoms with Crippen LogP contribution in [0.4, 0.5) is 0 Å². The average molecular weight is 213 g/mol. The molecule has 0 saturated heterocycles. The fourth-order valence-corrected chi connectivity index (χ4v) is 1.81. The summed E-state index contributed by atoms with van der Waals surface area (Å²) in [5, 5.41) is 3.09. The first kappa shape index (κ1) is 11.2. The van der Waals surface area contributed by atoms with Gasteiger partial charge >= 0.3 is 5.97 Å². The van der Waals surface area contributed by atoms with Crippen LogP contribution in [0.1, 0.15) is 20.8 Å². The third kappa shape index (κ3) is 2.12. The maximum atomic E-state index is 11.6. The van der Waals surface area contributed by atoms with E-state index in [1.807, 2.05) is 13.8 Å². The minimum Gasteiger partial charge on any atom is -0.463 e. The van der Waals surface area contributed by atoms with Crippen molar-refractivity contribution >= 4 is 18.6 Å². The number of dihydropyridines is 1. The molecule has 0 radical (unpaired) electrons. The zero-order chi connectivity index (χ0) is 10.8. The largest absolute Gasteiger partial charge is 0.463 e. The van der Waals surface area contributed by atoms with E-state index in [1.165, 1.54) is 0 Å². The van der Waals surface area contributed by atoms with E-state index in [1.54, 1.807) is 19.2 Å². The van der Waals surface area contributed by atoms with Crippen molar-refractivity contribution in [3.05, 3.63) is 22.8 Å². The first-order chi connectivity index (χ1) is 6.49. The van der Waals surface area contributed by atoms with E-state index in [0.717, 1.165) is 0 Å². The Morgan fingerprint density at radius 2 is 2.29 bits per heavy atom. The lowest BCUT2D eigenvalue weighted by atomic mass is 9.92. The van der Waals surface area contributed by atoms with E-state index in [0.29, 0.717) is 17.1 Å². The maximum Gasteiger partial charge on any atom is 0.337 e. The van der Waals surface area contributed by atoms with Gasteiger partial charge in [0.1, 0.15) is 0 Å². The molecule has 14 heavy (non-hydrogen) atoms. The van der Waals surface area contributed by atoms with Crippen LogP contribution in [0.25, 0.3) is 0 Å². The predicted octanol–water partition coefficient (Wildman–Crippen LogP) is 1.63. The molecule has 0 saturated carbocycles. The molecular formula is C10H15NO2S. The summed E-state index contributed by atoms with van der Waals surface area (Å²) in [6.07, 6.45) is 3.53. The molecule has 1 heterocycles. The van der Waals surface area contributed by atoms with E-state index >= 15 is 0 Å². The van der Waals surface area contributed by atoms with Gasteiger partial charge in [0.25, 0.3) is 0 Å². The Kier molecular flexibility index (Phi) is 3.26. The molecule has 1 aliphatic heterocycles. The van der Waals surface area contributed by atoms with E-state index < -0.39 is 5.54 Å². The molecule has 78 valence electrons. The molecule has 0 aromatic heterocycles. The number of carbonyl (C=O) groups is 1. The number of hydrogen-bond donors (Lipinski definition) is 2. The van der Waals surface area contributed by atoms with Gasteiger partial charge in [0, 0.05) is 4.91 Å². The van der Waals surface area contributed by atoms with Gasteiger partial charge in [-0.1, -0.05) is 0 Å². The molecule has 1 aliphatic rings. The Hall–Kier alpha value is -0.900. The normalized spacial score (nSPS) is 19.1. The average Bonchev–Trinajstić information content (AvgIpc) is 2.02. The first-order valence-electron chi connectivity index (χ1n) is 4.54. The van der Waals surface area contributed by atoms with E-state index in [4.69, 9.17) is 4.74 Å². The summed E-state index contributed by atoms with van der Waals surface area (Å²) in [6, 6.07) is 0. The van der Waals surface area contributed by atoms with Gasteiger partial charge in [-0.3, -0.25) is 0 Å². The van der Waals surface area contributed by atoms with Crippen molar-refractivity contribution in [1.82, 2.24) is 5.32 Å². The Morgan fingerprint density at radius 1 is 1.64 bits per heavy atom. The van der Waals surface area contributed by atoms with Gasteiger partial charge in [0.05, 0.1) is 17.7 Å². The predicted molar refractivity (Wildman–Crippen MR) is 59.0 cm³/mol. The first-order valence-corrected chi connectivity index (χ1v) is 4.99. The lowest BCUT2D eigenvalue weighted by molar-refractivity contribution is -0.139. The molecule has 3 nitrogen and oxygen atoms in total. The van der Waals surface area contributed by atoms with Crippen LogP contribution in [0, 0.1) is 0 Å². The summed E-state index contributed by atoms with van der Waals surface area (Å²) in [7, 11) is 0. The van der Waals surface area contributed by atoms with Crippen LogP contribution in [0.15, 0.2) is 22.8 Å². The van der Waals surface area contributed by atoms with E-state index in [2.05, 4.69) is 17.9 Å². The molecule has 0 spiro atoms. The zero-order valence-corrected chi connectivity index (χ0v) is 9.52. The fraction of sp³-hybridized carbons (Fsp3) is 0.500. The molecule has 0 bridgehead atoms. The number of allylic oxidation sites excluding steroid dienone is 1. The second-order valence-corrected chi connectivity index (χ2v) is 4.07. The third-order valence-corrected chi connectivity index (χ3v) is 2.42. The molecule has 0 amide bonds. The topological polar surface area (TPSA) is 38.3 Å². The number of nitrogens with one attached hydrogen (secondary N) is 1. The third-order valence-electron chi connectivity index (χ3n) is 2.05. The van der Waals surface area contributed by atoms with Crippen LogP contribution in [0.3, 0.4) is 0 Å². The summed E-state index contributed by atoms with van der Waals surface area (Å²) < 4.78 is 4.97. The van der Waals surface area contributed by atoms with Crippen molar-refractivity contribution in [2.75, 3.05) is 6.61 Å². The maximum absolute atomic E-state index is 11.6. The molecule has 1 rings (SSSR count). The Morgan fingerprint density at radius 3 is 2.79 bits per heavy atom.